The molecule has 0 aromatic carbocycles. The highest BCUT2D eigenvalue weighted by atomic mass is 19.3. The Kier molecular flexibility index (Phi) is 6.49. The van der Waals surface area contributed by atoms with Gasteiger partial charge in [0.05, 0.1) is 12.0 Å². The van der Waals surface area contributed by atoms with E-state index in [0.717, 1.165) is 25.8 Å². The second-order valence-corrected chi connectivity index (χ2v) is 4.68. The molecule has 0 aromatic rings. The maximum absolute atomic E-state index is 12.1. The molecule has 6 heteroatoms. The van der Waals surface area contributed by atoms with Crippen LogP contribution in [-0.4, -0.2) is 45.2 Å². The third kappa shape index (κ3) is 4.49. The summed E-state index contributed by atoms with van der Waals surface area (Å²) in [6.45, 7) is 3.46. The lowest BCUT2D eigenvalue weighted by Crippen LogP contribution is -2.43. The van der Waals surface area contributed by atoms with E-state index in [0.29, 0.717) is 6.54 Å². The molecule has 1 atom stereocenters. The highest BCUT2D eigenvalue weighted by Gasteiger charge is 2.39. The normalized spacial score (nSPS) is 23.6. The topological polar surface area (TPSA) is 50.4 Å². The van der Waals surface area contributed by atoms with Gasteiger partial charge in [0.2, 0.25) is 5.91 Å². The van der Waals surface area contributed by atoms with Crippen LogP contribution in [0.15, 0.2) is 0 Å². The maximum atomic E-state index is 12.1. The van der Waals surface area contributed by atoms with Crippen molar-refractivity contribution in [1.82, 2.24) is 10.6 Å². The van der Waals surface area contributed by atoms with Crippen molar-refractivity contribution in [2.45, 2.75) is 32.6 Å². The predicted molar refractivity (Wildman–Crippen MR) is 64.7 cm³/mol. The van der Waals surface area contributed by atoms with E-state index in [1.165, 1.54) is 0 Å². The molecule has 1 rings (SSSR count). The fourth-order valence-electron chi connectivity index (χ4n) is 2.34. The molecule has 0 spiro atoms. The van der Waals surface area contributed by atoms with E-state index in [2.05, 4.69) is 17.6 Å². The number of nitrogens with one attached hydrogen (secondary N) is 2. The number of alkyl halides is 2. The zero-order valence-electron chi connectivity index (χ0n) is 10.8. The number of hydrogen-bond acceptors (Lipinski definition) is 3. The van der Waals surface area contributed by atoms with Gasteiger partial charge in [-0.25, -0.2) is 8.78 Å². The summed E-state index contributed by atoms with van der Waals surface area (Å²) >= 11 is 0. The van der Waals surface area contributed by atoms with Crippen LogP contribution in [0.1, 0.15) is 26.2 Å². The summed E-state index contributed by atoms with van der Waals surface area (Å²) < 4.78 is 28.3. The van der Waals surface area contributed by atoms with Gasteiger partial charge in [0.15, 0.2) is 0 Å². The van der Waals surface area contributed by atoms with Crippen molar-refractivity contribution in [3.8, 4) is 0 Å². The van der Waals surface area contributed by atoms with Gasteiger partial charge in [0.1, 0.15) is 6.61 Å². The van der Waals surface area contributed by atoms with E-state index < -0.39 is 13.0 Å². The Labute approximate surface area is 106 Å². The number of halogens is 2. The molecule has 0 aliphatic carbocycles. The Bertz CT molecular complexity index is 256. The molecule has 0 saturated carbocycles. The van der Waals surface area contributed by atoms with E-state index in [1.54, 1.807) is 0 Å². The van der Waals surface area contributed by atoms with Crippen LogP contribution in [0.4, 0.5) is 8.78 Å². The van der Waals surface area contributed by atoms with Gasteiger partial charge in [-0.15, -0.1) is 0 Å². The molecule has 18 heavy (non-hydrogen) atoms. The van der Waals surface area contributed by atoms with Crippen LogP contribution in [-0.2, 0) is 9.53 Å². The number of rotatable bonds is 8. The van der Waals surface area contributed by atoms with Crippen LogP contribution in [0.3, 0.4) is 0 Å². The van der Waals surface area contributed by atoms with Crippen molar-refractivity contribution in [3.63, 3.8) is 0 Å². The highest BCUT2D eigenvalue weighted by molar-refractivity contribution is 5.83. The molecule has 1 aliphatic rings. The van der Waals surface area contributed by atoms with Gasteiger partial charge in [-0.3, -0.25) is 4.79 Å². The fourth-order valence-corrected chi connectivity index (χ4v) is 2.34. The van der Waals surface area contributed by atoms with Gasteiger partial charge in [0, 0.05) is 13.1 Å². The molecule has 0 bridgehead atoms. The zero-order chi connectivity index (χ0) is 13.4. The van der Waals surface area contributed by atoms with Crippen LogP contribution < -0.4 is 10.6 Å². The number of carbonyl (C=O) groups excluding carboxylic acids is 1. The Morgan fingerprint density at radius 3 is 2.89 bits per heavy atom. The Balaban J connectivity index is 2.25. The fraction of sp³-hybridized carbons (Fsp3) is 0.917. The van der Waals surface area contributed by atoms with Gasteiger partial charge >= 0.3 is 0 Å². The summed E-state index contributed by atoms with van der Waals surface area (Å²) in [6, 6.07) is 0. The second-order valence-electron chi connectivity index (χ2n) is 4.68. The lowest BCUT2D eigenvalue weighted by molar-refractivity contribution is -0.130. The van der Waals surface area contributed by atoms with Gasteiger partial charge < -0.3 is 15.4 Å². The Hall–Kier alpha value is -0.750. The van der Waals surface area contributed by atoms with Crippen LogP contribution in [0.5, 0.6) is 0 Å². The molecule has 0 radical (unpaired) electrons. The summed E-state index contributed by atoms with van der Waals surface area (Å²) in [5.74, 6) is 0.00926. The number of ether oxygens (including phenoxy) is 1. The minimum absolute atomic E-state index is 0.00926. The van der Waals surface area contributed by atoms with E-state index >= 15 is 0 Å². The average Bonchev–Trinajstić information content (AvgIpc) is 2.78. The molecule has 1 aliphatic heterocycles. The minimum atomic E-state index is -2.45. The van der Waals surface area contributed by atoms with Gasteiger partial charge in [-0.2, -0.15) is 0 Å². The molecular formula is C12H22F2N2O2. The van der Waals surface area contributed by atoms with Crippen molar-refractivity contribution >= 4 is 5.91 Å². The van der Waals surface area contributed by atoms with E-state index in [-0.39, 0.29) is 24.5 Å². The first-order chi connectivity index (χ1) is 8.60. The van der Waals surface area contributed by atoms with Crippen molar-refractivity contribution in [2.24, 2.45) is 5.41 Å². The lowest BCUT2D eigenvalue weighted by atomic mass is 9.81. The maximum Gasteiger partial charge on any atom is 0.261 e. The molecule has 1 saturated heterocycles. The number of hydrogen-bond donors (Lipinski definition) is 2. The SMILES string of the molecule is CCCC1(C(=O)NCCOCC(F)F)CCNC1. The van der Waals surface area contributed by atoms with Gasteiger partial charge in [-0.05, 0) is 19.4 Å². The third-order valence-electron chi connectivity index (χ3n) is 3.23. The largest absolute Gasteiger partial charge is 0.374 e. The minimum Gasteiger partial charge on any atom is -0.374 e. The standard InChI is InChI=1S/C12H22F2N2O2/c1-2-3-12(4-5-15-9-12)11(17)16-6-7-18-8-10(13)14/h10,15H,2-9H2,1H3,(H,16,17). The van der Waals surface area contributed by atoms with E-state index in [9.17, 15) is 13.6 Å². The van der Waals surface area contributed by atoms with Crippen LogP contribution in [0.25, 0.3) is 0 Å². The Morgan fingerprint density at radius 1 is 1.56 bits per heavy atom. The number of carbonyl (C=O) groups is 1. The van der Waals surface area contributed by atoms with E-state index in [4.69, 9.17) is 4.74 Å². The van der Waals surface area contributed by atoms with Gasteiger partial charge in [0.25, 0.3) is 6.43 Å². The first-order valence-electron chi connectivity index (χ1n) is 6.45. The highest BCUT2D eigenvalue weighted by Crippen LogP contribution is 2.31. The number of amides is 1. The zero-order valence-corrected chi connectivity index (χ0v) is 10.8. The molecular weight excluding hydrogens is 242 g/mol. The molecule has 2 N–H and O–H groups in total. The Morgan fingerprint density at radius 2 is 2.33 bits per heavy atom. The predicted octanol–water partition coefficient (Wildman–Crippen LogP) is 1.16. The van der Waals surface area contributed by atoms with Crippen LogP contribution >= 0.6 is 0 Å². The molecule has 106 valence electrons. The molecule has 4 nitrogen and oxygen atoms in total. The van der Waals surface area contributed by atoms with E-state index in [1.807, 2.05) is 0 Å². The summed E-state index contributed by atoms with van der Waals surface area (Å²) in [6.07, 6.45) is 0.191. The quantitative estimate of drug-likeness (QED) is 0.647. The van der Waals surface area contributed by atoms with Crippen molar-refractivity contribution in [3.05, 3.63) is 0 Å². The summed E-state index contributed by atoms with van der Waals surface area (Å²) in [7, 11) is 0. The van der Waals surface area contributed by atoms with Gasteiger partial charge in [-0.1, -0.05) is 13.3 Å². The van der Waals surface area contributed by atoms with Crippen LogP contribution in [0, 0.1) is 5.41 Å². The molecule has 1 heterocycles. The van der Waals surface area contributed by atoms with Crippen molar-refractivity contribution in [2.75, 3.05) is 32.8 Å². The third-order valence-corrected chi connectivity index (χ3v) is 3.23. The smallest absolute Gasteiger partial charge is 0.261 e. The van der Waals surface area contributed by atoms with Crippen LogP contribution in [0.2, 0.25) is 0 Å². The summed E-state index contributed by atoms with van der Waals surface area (Å²) in [5, 5.41) is 5.98. The first-order valence-corrected chi connectivity index (χ1v) is 6.45. The molecule has 1 fully saturated rings. The summed E-state index contributed by atoms with van der Waals surface area (Å²) in [4.78, 5) is 12.1. The summed E-state index contributed by atoms with van der Waals surface area (Å²) in [5.41, 5.74) is -0.322. The van der Waals surface area contributed by atoms with Crippen molar-refractivity contribution < 1.29 is 18.3 Å². The molecule has 0 aromatic heterocycles. The average molecular weight is 264 g/mol. The second kappa shape index (κ2) is 7.63. The monoisotopic (exact) mass is 264 g/mol. The van der Waals surface area contributed by atoms with Crippen molar-refractivity contribution in [1.29, 1.82) is 0 Å². The molecule has 1 amide bonds. The molecule has 1 unspecified atom stereocenters. The lowest BCUT2D eigenvalue weighted by Gasteiger charge is -2.26. The first kappa shape index (κ1) is 15.3.